The number of anilines is 1. The van der Waals surface area contributed by atoms with Crippen LogP contribution in [0.15, 0.2) is 33.1 Å². The minimum absolute atomic E-state index is 0.0128. The minimum Gasteiger partial charge on any atom is -0.398 e. The van der Waals surface area contributed by atoms with Crippen LogP contribution in [-0.4, -0.2) is 28.6 Å². The Labute approximate surface area is 119 Å². The van der Waals surface area contributed by atoms with Crippen LogP contribution in [0.25, 0.3) is 0 Å². The summed E-state index contributed by atoms with van der Waals surface area (Å²) in [5, 5.41) is 17.2. The van der Waals surface area contributed by atoms with Crippen molar-refractivity contribution < 1.29 is 8.42 Å². The molecule has 4 N–H and O–H groups in total. The van der Waals surface area contributed by atoms with Gasteiger partial charge in [-0.1, -0.05) is 0 Å². The predicted molar refractivity (Wildman–Crippen MR) is 72.4 cm³/mol. The van der Waals surface area contributed by atoms with Crippen molar-refractivity contribution in [1.29, 1.82) is 0 Å². The Morgan fingerprint density at radius 3 is 2.70 bits per heavy atom. The third kappa shape index (κ3) is 2.62. The monoisotopic (exact) mass is 312 g/mol. The topological polar surface area (TPSA) is 130 Å². The summed E-state index contributed by atoms with van der Waals surface area (Å²) in [4.78, 5) is 0.676. The molecule has 0 aliphatic heterocycles. The Kier molecular flexibility index (Phi) is 3.15. The zero-order valence-corrected chi connectivity index (χ0v) is 11.9. The van der Waals surface area contributed by atoms with Crippen molar-refractivity contribution in [3.63, 3.8) is 0 Å². The summed E-state index contributed by atoms with van der Waals surface area (Å²) in [5.41, 5.74) is 6.18. The largest absolute Gasteiger partial charge is 0.398 e. The molecule has 106 valence electrons. The number of tetrazole rings is 1. The average Bonchev–Trinajstić information content (AvgIpc) is 3.11. The van der Waals surface area contributed by atoms with Gasteiger partial charge in [0.1, 0.15) is 0 Å². The number of sulfonamides is 1. The SMILES string of the molecule is Nc1cc(S(N)(=O)=O)ccc1Sc1nnnn1C1CC1. The molecule has 0 amide bonds. The van der Waals surface area contributed by atoms with E-state index in [0.29, 0.717) is 21.8 Å². The highest BCUT2D eigenvalue weighted by Crippen LogP contribution is 2.39. The van der Waals surface area contributed by atoms with Gasteiger partial charge in [-0.15, -0.1) is 5.10 Å². The molecule has 1 fully saturated rings. The Balaban J connectivity index is 1.89. The zero-order valence-electron chi connectivity index (χ0n) is 10.3. The molecule has 3 rings (SSSR count). The van der Waals surface area contributed by atoms with E-state index >= 15 is 0 Å². The number of nitrogen functional groups attached to an aromatic ring is 1. The van der Waals surface area contributed by atoms with E-state index < -0.39 is 10.0 Å². The third-order valence-corrected chi connectivity index (χ3v) is 4.82. The molecule has 1 saturated carbocycles. The van der Waals surface area contributed by atoms with Crippen LogP contribution in [0.4, 0.5) is 5.69 Å². The minimum atomic E-state index is -3.75. The van der Waals surface area contributed by atoms with Crippen LogP contribution in [-0.2, 0) is 10.0 Å². The molecule has 0 unspecified atom stereocenters. The molecular formula is C10H12N6O2S2. The number of primary sulfonamides is 1. The summed E-state index contributed by atoms with van der Waals surface area (Å²) in [6.45, 7) is 0. The maximum atomic E-state index is 11.2. The number of benzene rings is 1. The lowest BCUT2D eigenvalue weighted by molar-refractivity contribution is 0.565. The third-order valence-electron chi connectivity index (χ3n) is 2.87. The van der Waals surface area contributed by atoms with Crippen molar-refractivity contribution in [3.8, 4) is 0 Å². The van der Waals surface area contributed by atoms with Crippen molar-refractivity contribution in [1.82, 2.24) is 20.2 Å². The van der Waals surface area contributed by atoms with Gasteiger partial charge in [-0.2, -0.15) is 0 Å². The Hall–Kier alpha value is -1.65. The summed E-state index contributed by atoms with van der Waals surface area (Å²) in [5.74, 6) is 0. The number of hydrogen-bond donors (Lipinski definition) is 2. The van der Waals surface area contributed by atoms with Gasteiger partial charge in [-0.3, -0.25) is 0 Å². The summed E-state index contributed by atoms with van der Waals surface area (Å²) in [6, 6.07) is 4.71. The normalized spacial score (nSPS) is 15.4. The molecule has 8 nitrogen and oxygen atoms in total. The maximum Gasteiger partial charge on any atom is 0.238 e. The van der Waals surface area contributed by atoms with Crippen molar-refractivity contribution >= 4 is 27.5 Å². The second-order valence-corrected chi connectivity index (χ2v) is 7.05. The van der Waals surface area contributed by atoms with Crippen LogP contribution in [0.2, 0.25) is 0 Å². The molecule has 2 aromatic rings. The molecule has 10 heteroatoms. The molecule has 1 heterocycles. The molecule has 1 aromatic carbocycles. The number of nitrogens with zero attached hydrogens (tertiary/aromatic N) is 4. The smallest absolute Gasteiger partial charge is 0.238 e. The molecule has 0 atom stereocenters. The Bertz CT molecular complexity index is 753. The molecular weight excluding hydrogens is 300 g/mol. The van der Waals surface area contributed by atoms with Gasteiger partial charge in [-0.25, -0.2) is 18.2 Å². The fourth-order valence-electron chi connectivity index (χ4n) is 1.70. The van der Waals surface area contributed by atoms with E-state index in [0.717, 1.165) is 12.8 Å². The van der Waals surface area contributed by atoms with Crippen LogP contribution in [0, 0.1) is 0 Å². The van der Waals surface area contributed by atoms with Gasteiger partial charge < -0.3 is 5.73 Å². The summed E-state index contributed by atoms with van der Waals surface area (Å²) in [7, 11) is -3.75. The standard InChI is InChI=1S/C10H12N6O2S2/c11-8-5-7(20(12,17)18)3-4-9(8)19-10-13-14-15-16(10)6-1-2-6/h3-6H,1-2,11H2,(H2,12,17,18). The van der Waals surface area contributed by atoms with Crippen LogP contribution in [0.1, 0.15) is 18.9 Å². The van der Waals surface area contributed by atoms with E-state index in [-0.39, 0.29) is 4.90 Å². The highest BCUT2D eigenvalue weighted by Gasteiger charge is 2.28. The first-order chi connectivity index (χ1) is 9.45. The molecule has 1 aliphatic rings. The first-order valence-electron chi connectivity index (χ1n) is 5.83. The average molecular weight is 312 g/mol. The van der Waals surface area contributed by atoms with Crippen LogP contribution in [0.3, 0.4) is 0 Å². The molecule has 0 radical (unpaired) electrons. The van der Waals surface area contributed by atoms with Crippen molar-refractivity contribution in [2.24, 2.45) is 5.14 Å². The van der Waals surface area contributed by atoms with Gasteiger partial charge >= 0.3 is 0 Å². The van der Waals surface area contributed by atoms with E-state index in [1.54, 1.807) is 10.7 Å². The van der Waals surface area contributed by atoms with E-state index in [1.165, 1.54) is 23.9 Å². The lowest BCUT2D eigenvalue weighted by Gasteiger charge is -2.07. The van der Waals surface area contributed by atoms with Gasteiger partial charge in [0, 0.05) is 10.6 Å². The van der Waals surface area contributed by atoms with E-state index in [2.05, 4.69) is 15.5 Å². The lowest BCUT2D eigenvalue weighted by atomic mass is 10.3. The highest BCUT2D eigenvalue weighted by molar-refractivity contribution is 7.99. The van der Waals surface area contributed by atoms with E-state index in [9.17, 15) is 8.42 Å². The quantitative estimate of drug-likeness (QED) is 0.781. The van der Waals surface area contributed by atoms with Crippen molar-refractivity contribution in [2.45, 2.75) is 33.8 Å². The molecule has 0 saturated heterocycles. The highest BCUT2D eigenvalue weighted by atomic mass is 32.2. The fourth-order valence-corrected chi connectivity index (χ4v) is 3.11. The predicted octanol–water partition coefficient (Wildman–Crippen LogP) is 0.389. The number of nitrogens with two attached hydrogens (primary N) is 2. The summed E-state index contributed by atoms with van der Waals surface area (Å²) >= 11 is 1.30. The number of aromatic nitrogens is 4. The van der Waals surface area contributed by atoms with Gasteiger partial charge in [0.15, 0.2) is 0 Å². The molecule has 20 heavy (non-hydrogen) atoms. The van der Waals surface area contributed by atoms with Crippen LogP contribution >= 0.6 is 11.8 Å². The van der Waals surface area contributed by atoms with Gasteiger partial charge in [0.2, 0.25) is 15.2 Å². The Morgan fingerprint density at radius 1 is 1.35 bits per heavy atom. The van der Waals surface area contributed by atoms with Gasteiger partial charge in [0.25, 0.3) is 0 Å². The van der Waals surface area contributed by atoms with Gasteiger partial charge in [-0.05, 0) is 53.2 Å². The molecule has 0 spiro atoms. The number of rotatable bonds is 4. The maximum absolute atomic E-state index is 11.2. The second kappa shape index (κ2) is 4.72. The first-order valence-corrected chi connectivity index (χ1v) is 8.19. The summed E-state index contributed by atoms with van der Waals surface area (Å²) < 4.78 is 24.2. The van der Waals surface area contributed by atoms with E-state index in [4.69, 9.17) is 10.9 Å². The molecule has 1 aliphatic carbocycles. The van der Waals surface area contributed by atoms with Gasteiger partial charge in [0.05, 0.1) is 10.9 Å². The summed E-state index contributed by atoms with van der Waals surface area (Å²) in [6.07, 6.45) is 2.14. The molecule has 1 aromatic heterocycles. The molecule has 0 bridgehead atoms. The lowest BCUT2D eigenvalue weighted by Crippen LogP contribution is -2.12. The zero-order chi connectivity index (χ0) is 14.3. The first kappa shape index (κ1) is 13.3. The number of hydrogen-bond acceptors (Lipinski definition) is 7. The fraction of sp³-hybridized carbons (Fsp3) is 0.300. The second-order valence-electron chi connectivity index (χ2n) is 4.48. The Morgan fingerprint density at radius 2 is 2.10 bits per heavy atom. The van der Waals surface area contributed by atoms with E-state index in [1.807, 2.05) is 0 Å². The van der Waals surface area contributed by atoms with Crippen molar-refractivity contribution in [3.05, 3.63) is 18.2 Å². The van der Waals surface area contributed by atoms with Crippen molar-refractivity contribution in [2.75, 3.05) is 5.73 Å². The van der Waals surface area contributed by atoms with Crippen LogP contribution in [0.5, 0.6) is 0 Å². The van der Waals surface area contributed by atoms with Crippen LogP contribution < -0.4 is 10.9 Å².